The number of halogens is 1. The molecule has 31 heavy (non-hydrogen) atoms. The van der Waals surface area contributed by atoms with Crippen LogP contribution in [0.5, 0.6) is 5.75 Å². The van der Waals surface area contributed by atoms with Gasteiger partial charge in [-0.05, 0) is 48.7 Å². The summed E-state index contributed by atoms with van der Waals surface area (Å²) in [7, 11) is 1.52. The predicted octanol–water partition coefficient (Wildman–Crippen LogP) is 4.56. The van der Waals surface area contributed by atoms with E-state index in [-0.39, 0.29) is 12.3 Å². The van der Waals surface area contributed by atoms with Gasteiger partial charge in [-0.2, -0.15) is 0 Å². The number of imide groups is 1. The van der Waals surface area contributed by atoms with Crippen molar-refractivity contribution >= 4 is 40.8 Å². The van der Waals surface area contributed by atoms with Gasteiger partial charge in [0.2, 0.25) is 5.91 Å². The average Bonchev–Trinajstić information content (AvgIpc) is 2.97. The molecule has 0 spiro atoms. The molecule has 3 rings (SSSR count). The van der Waals surface area contributed by atoms with E-state index in [0.717, 1.165) is 11.3 Å². The molecular weight excluding hydrogens is 418 g/mol. The van der Waals surface area contributed by atoms with E-state index in [4.69, 9.17) is 16.3 Å². The average molecular weight is 444 g/mol. The first-order chi connectivity index (χ1) is 14.8. The van der Waals surface area contributed by atoms with Crippen molar-refractivity contribution in [3.63, 3.8) is 0 Å². The number of urea groups is 1. The van der Waals surface area contributed by atoms with Crippen LogP contribution in [0.1, 0.15) is 26.7 Å². The maximum atomic E-state index is 13.2. The van der Waals surface area contributed by atoms with Crippen LogP contribution in [0.15, 0.2) is 48.5 Å². The summed E-state index contributed by atoms with van der Waals surface area (Å²) in [5, 5.41) is 3.32. The molecule has 1 atom stereocenters. The number of methoxy groups -OCH3 is 1. The quantitative estimate of drug-likeness (QED) is 0.606. The fourth-order valence-corrected chi connectivity index (χ4v) is 3.52. The van der Waals surface area contributed by atoms with Gasteiger partial charge in [0.15, 0.2) is 0 Å². The fourth-order valence-electron chi connectivity index (χ4n) is 3.39. The number of benzene rings is 2. The monoisotopic (exact) mass is 443 g/mol. The summed E-state index contributed by atoms with van der Waals surface area (Å²) < 4.78 is 5.22. The molecule has 0 aromatic heterocycles. The van der Waals surface area contributed by atoms with E-state index in [0.29, 0.717) is 34.6 Å². The van der Waals surface area contributed by atoms with E-state index < -0.39 is 18.0 Å². The zero-order chi connectivity index (χ0) is 22.5. The lowest BCUT2D eigenvalue weighted by Crippen LogP contribution is -2.39. The van der Waals surface area contributed by atoms with Crippen LogP contribution in [-0.2, 0) is 9.59 Å². The molecule has 1 unspecified atom stereocenters. The SMILES string of the molecule is COc1cccc(N2C(=O)C(CC(=O)Nc3ccc(Cl)cc3)N(CCC(C)C)C2=O)c1. The molecular formula is C23H26ClN3O4. The van der Waals surface area contributed by atoms with Crippen LogP contribution in [0.25, 0.3) is 0 Å². The summed E-state index contributed by atoms with van der Waals surface area (Å²) in [5.41, 5.74) is 0.995. The Kier molecular flexibility index (Phi) is 7.17. The highest BCUT2D eigenvalue weighted by molar-refractivity contribution is 6.30. The maximum absolute atomic E-state index is 13.2. The van der Waals surface area contributed by atoms with Crippen LogP contribution in [-0.4, -0.2) is 42.4 Å². The number of nitrogens with zero attached hydrogens (tertiary/aromatic N) is 2. The Labute approximate surface area is 186 Å². The molecule has 1 fully saturated rings. The Bertz CT molecular complexity index is 962. The Hall–Kier alpha value is -3.06. The van der Waals surface area contributed by atoms with Gasteiger partial charge in [-0.1, -0.05) is 31.5 Å². The minimum Gasteiger partial charge on any atom is -0.497 e. The first-order valence-electron chi connectivity index (χ1n) is 10.1. The van der Waals surface area contributed by atoms with E-state index in [2.05, 4.69) is 5.32 Å². The Morgan fingerprint density at radius 1 is 1.16 bits per heavy atom. The highest BCUT2D eigenvalue weighted by Crippen LogP contribution is 2.30. The highest BCUT2D eigenvalue weighted by atomic mass is 35.5. The first-order valence-corrected chi connectivity index (χ1v) is 10.5. The van der Waals surface area contributed by atoms with Crippen molar-refractivity contribution in [1.82, 2.24) is 4.90 Å². The second kappa shape index (κ2) is 9.83. The van der Waals surface area contributed by atoms with E-state index in [1.807, 2.05) is 13.8 Å². The summed E-state index contributed by atoms with van der Waals surface area (Å²) in [6.07, 6.45) is 0.589. The third-order valence-electron chi connectivity index (χ3n) is 5.08. The second-order valence-electron chi connectivity index (χ2n) is 7.81. The van der Waals surface area contributed by atoms with Crippen molar-refractivity contribution in [2.75, 3.05) is 23.9 Å². The number of ether oxygens (including phenoxy) is 1. The molecule has 8 heteroatoms. The fraction of sp³-hybridized carbons (Fsp3) is 0.348. The minimum atomic E-state index is -0.871. The Morgan fingerprint density at radius 3 is 2.52 bits per heavy atom. The summed E-state index contributed by atoms with van der Waals surface area (Å²) >= 11 is 5.88. The van der Waals surface area contributed by atoms with Gasteiger partial charge >= 0.3 is 6.03 Å². The van der Waals surface area contributed by atoms with Gasteiger partial charge in [-0.3, -0.25) is 9.59 Å². The van der Waals surface area contributed by atoms with Crippen LogP contribution in [0.4, 0.5) is 16.2 Å². The largest absolute Gasteiger partial charge is 0.497 e. The Balaban J connectivity index is 1.82. The van der Waals surface area contributed by atoms with E-state index in [9.17, 15) is 14.4 Å². The van der Waals surface area contributed by atoms with E-state index in [1.54, 1.807) is 48.5 Å². The van der Waals surface area contributed by atoms with Crippen LogP contribution < -0.4 is 15.0 Å². The predicted molar refractivity (Wildman–Crippen MR) is 121 cm³/mol. The van der Waals surface area contributed by atoms with Gasteiger partial charge in [0, 0.05) is 23.3 Å². The van der Waals surface area contributed by atoms with E-state index >= 15 is 0 Å². The molecule has 7 nitrogen and oxygen atoms in total. The smallest absolute Gasteiger partial charge is 0.332 e. The molecule has 0 radical (unpaired) electrons. The van der Waals surface area contributed by atoms with Gasteiger partial charge in [-0.15, -0.1) is 0 Å². The molecule has 2 aromatic rings. The van der Waals surface area contributed by atoms with E-state index in [1.165, 1.54) is 12.0 Å². The standard InChI is InChI=1S/C23H26ClN3O4/c1-15(2)11-12-26-20(14-21(28)25-17-9-7-16(24)8-10-17)22(29)27(23(26)30)18-5-4-6-19(13-18)31-3/h4-10,13,15,20H,11-12,14H2,1-3H3,(H,25,28). The normalized spacial score (nSPS) is 16.2. The lowest BCUT2D eigenvalue weighted by molar-refractivity contribution is -0.124. The van der Waals surface area contributed by atoms with Gasteiger partial charge in [-0.25, -0.2) is 9.69 Å². The molecule has 1 aliphatic heterocycles. The molecule has 1 saturated heterocycles. The first kappa shape index (κ1) is 22.6. The molecule has 0 aliphatic carbocycles. The molecule has 1 heterocycles. The van der Waals surface area contributed by atoms with Crippen LogP contribution in [0.2, 0.25) is 5.02 Å². The summed E-state index contributed by atoms with van der Waals surface area (Å²) in [5.74, 6) is 0.108. The van der Waals surface area contributed by atoms with Crippen molar-refractivity contribution in [3.8, 4) is 5.75 Å². The number of carbonyl (C=O) groups excluding carboxylic acids is 3. The van der Waals surface area contributed by atoms with Crippen molar-refractivity contribution in [3.05, 3.63) is 53.6 Å². The number of carbonyl (C=O) groups is 3. The van der Waals surface area contributed by atoms with Crippen molar-refractivity contribution in [2.24, 2.45) is 5.92 Å². The zero-order valence-corrected chi connectivity index (χ0v) is 18.6. The number of nitrogens with one attached hydrogen (secondary N) is 1. The molecule has 164 valence electrons. The van der Waals surface area contributed by atoms with Gasteiger partial charge in [0.05, 0.1) is 19.2 Å². The Morgan fingerprint density at radius 2 is 1.87 bits per heavy atom. The zero-order valence-electron chi connectivity index (χ0n) is 17.8. The lowest BCUT2D eigenvalue weighted by Gasteiger charge is -2.22. The molecule has 1 N–H and O–H groups in total. The molecule has 1 aliphatic rings. The number of hydrogen-bond donors (Lipinski definition) is 1. The topological polar surface area (TPSA) is 79.0 Å². The molecule has 2 aromatic carbocycles. The van der Waals surface area contributed by atoms with Gasteiger partial charge in [0.1, 0.15) is 11.8 Å². The maximum Gasteiger partial charge on any atom is 0.332 e. The summed E-state index contributed by atoms with van der Waals surface area (Å²) in [6.45, 7) is 4.48. The molecule has 4 amide bonds. The minimum absolute atomic E-state index is 0.133. The molecule has 0 saturated carbocycles. The number of anilines is 2. The van der Waals surface area contributed by atoms with Crippen molar-refractivity contribution < 1.29 is 19.1 Å². The third-order valence-corrected chi connectivity index (χ3v) is 5.34. The van der Waals surface area contributed by atoms with Crippen LogP contribution in [0, 0.1) is 5.92 Å². The van der Waals surface area contributed by atoms with Crippen molar-refractivity contribution in [2.45, 2.75) is 32.7 Å². The number of amides is 4. The summed E-state index contributed by atoms with van der Waals surface area (Å²) in [4.78, 5) is 41.7. The van der Waals surface area contributed by atoms with Crippen molar-refractivity contribution in [1.29, 1.82) is 0 Å². The summed E-state index contributed by atoms with van der Waals surface area (Å²) in [6, 6.07) is 12.2. The van der Waals surface area contributed by atoms with Gasteiger partial charge < -0.3 is 15.0 Å². The van der Waals surface area contributed by atoms with Crippen LogP contribution >= 0.6 is 11.6 Å². The molecule has 0 bridgehead atoms. The number of hydrogen-bond acceptors (Lipinski definition) is 4. The number of rotatable bonds is 8. The van der Waals surface area contributed by atoms with Crippen LogP contribution in [0.3, 0.4) is 0 Å². The third kappa shape index (κ3) is 5.35. The second-order valence-corrected chi connectivity index (χ2v) is 8.25. The van der Waals surface area contributed by atoms with Gasteiger partial charge in [0.25, 0.3) is 5.91 Å². The lowest BCUT2D eigenvalue weighted by atomic mass is 10.1. The highest BCUT2D eigenvalue weighted by Gasteiger charge is 2.46.